The lowest BCUT2D eigenvalue weighted by Gasteiger charge is -2.37. The number of allylic oxidation sites excluding steroid dienone is 3. The number of hydrogen-bond donors (Lipinski definition) is 3. The normalized spacial score (nSPS) is 18.8. The van der Waals surface area contributed by atoms with Crippen LogP contribution in [0.25, 0.3) is 0 Å². The molecule has 3 aromatic rings. The highest BCUT2D eigenvalue weighted by Crippen LogP contribution is 2.47. The van der Waals surface area contributed by atoms with Crippen molar-refractivity contribution in [3.63, 3.8) is 0 Å². The van der Waals surface area contributed by atoms with Crippen LogP contribution in [0.1, 0.15) is 48.3 Å². The number of aromatic hydroxyl groups is 1. The molecule has 4 N–H and O–H groups in total. The minimum Gasteiger partial charge on any atom is -0.508 e. The van der Waals surface area contributed by atoms with Gasteiger partial charge in [-0.3, -0.25) is 4.79 Å². The maximum absolute atomic E-state index is 13.9. The summed E-state index contributed by atoms with van der Waals surface area (Å²) in [4.78, 5) is 27.5. The lowest BCUT2D eigenvalue weighted by Crippen LogP contribution is -2.36. The molecule has 1 aliphatic carbocycles. The number of methoxy groups -OCH3 is 1. The quantitative estimate of drug-likeness (QED) is 0.268. The monoisotopic (exact) mass is 588 g/mol. The Hall–Kier alpha value is -4.57. The van der Waals surface area contributed by atoms with Gasteiger partial charge in [-0.1, -0.05) is 36.4 Å². The van der Waals surface area contributed by atoms with E-state index in [-0.39, 0.29) is 46.6 Å². The van der Waals surface area contributed by atoms with Gasteiger partial charge in [-0.05, 0) is 60.4 Å². The van der Waals surface area contributed by atoms with Crippen LogP contribution in [0.3, 0.4) is 0 Å². The fraction of sp³-hybridized carbons (Fsp3) is 0.250. The Kier molecular flexibility index (Phi) is 7.83. The van der Waals surface area contributed by atoms with Gasteiger partial charge >= 0.3 is 5.97 Å². The summed E-state index contributed by atoms with van der Waals surface area (Å²) < 4.78 is 35.4. The Labute approximate surface area is 244 Å². The van der Waals surface area contributed by atoms with Crippen LogP contribution in [-0.4, -0.2) is 38.6 Å². The number of sulfone groups is 1. The number of phenolic OH excluding ortho intramolecular Hbond substituents is 1. The zero-order valence-electron chi connectivity index (χ0n) is 23.5. The Bertz CT molecular complexity index is 1760. The number of para-hydroxylation sites is 1. The third kappa shape index (κ3) is 5.62. The second kappa shape index (κ2) is 11.4. The van der Waals surface area contributed by atoms with E-state index in [0.29, 0.717) is 40.3 Å². The molecule has 5 rings (SSSR count). The Morgan fingerprint density at radius 2 is 1.83 bits per heavy atom. The molecule has 10 heteroatoms. The van der Waals surface area contributed by atoms with Crippen molar-refractivity contribution < 1.29 is 32.6 Å². The van der Waals surface area contributed by atoms with Crippen molar-refractivity contribution in [2.24, 2.45) is 0 Å². The smallest absolute Gasteiger partial charge is 0.337 e. The molecule has 218 valence electrons. The number of carbonyl (C=O) groups is 2. The molecule has 0 unspecified atom stereocenters. The topological polar surface area (TPSA) is 145 Å². The van der Waals surface area contributed by atoms with E-state index < -0.39 is 21.7 Å². The van der Waals surface area contributed by atoms with E-state index in [4.69, 9.17) is 15.2 Å². The lowest BCUT2D eigenvalue weighted by atomic mass is 9.71. The summed E-state index contributed by atoms with van der Waals surface area (Å²) in [6.07, 6.45) is 1.80. The van der Waals surface area contributed by atoms with Gasteiger partial charge in [-0.25, -0.2) is 13.2 Å². The van der Waals surface area contributed by atoms with Crippen molar-refractivity contribution >= 4 is 27.3 Å². The number of nitrogen functional groups attached to an aromatic ring is 1. The number of dihydropyridines is 1. The van der Waals surface area contributed by atoms with Gasteiger partial charge in [0, 0.05) is 41.5 Å². The summed E-state index contributed by atoms with van der Waals surface area (Å²) in [6, 6.07) is 18.5. The van der Waals surface area contributed by atoms with E-state index in [2.05, 4.69) is 5.32 Å². The third-order valence-corrected chi connectivity index (χ3v) is 8.83. The van der Waals surface area contributed by atoms with Crippen molar-refractivity contribution in [1.82, 2.24) is 5.32 Å². The van der Waals surface area contributed by atoms with Crippen LogP contribution in [0.2, 0.25) is 0 Å². The molecular weight excluding hydrogens is 556 g/mol. The van der Waals surface area contributed by atoms with Crippen LogP contribution in [-0.2, 0) is 30.8 Å². The highest BCUT2D eigenvalue weighted by atomic mass is 32.2. The largest absolute Gasteiger partial charge is 0.508 e. The first-order chi connectivity index (χ1) is 20.0. The van der Waals surface area contributed by atoms with Crippen molar-refractivity contribution in [1.29, 1.82) is 0 Å². The molecule has 0 bridgehead atoms. The molecule has 0 fully saturated rings. The first kappa shape index (κ1) is 28.9. The average molecular weight is 589 g/mol. The zero-order chi connectivity index (χ0) is 30.2. The maximum Gasteiger partial charge on any atom is 0.337 e. The second-order valence-electron chi connectivity index (χ2n) is 10.6. The zero-order valence-corrected chi connectivity index (χ0v) is 24.3. The molecular formula is C32H32N2O7S. The van der Waals surface area contributed by atoms with Gasteiger partial charge in [0.25, 0.3) is 0 Å². The van der Waals surface area contributed by atoms with E-state index >= 15 is 0 Å². The van der Waals surface area contributed by atoms with Crippen LogP contribution < -0.4 is 15.8 Å². The minimum atomic E-state index is -3.58. The number of esters is 1. The fourth-order valence-electron chi connectivity index (χ4n) is 5.79. The molecule has 2 aliphatic rings. The fourth-order valence-corrected chi connectivity index (χ4v) is 6.65. The van der Waals surface area contributed by atoms with Crippen molar-refractivity contribution in [2.75, 3.05) is 19.1 Å². The molecule has 42 heavy (non-hydrogen) atoms. The average Bonchev–Trinajstić information content (AvgIpc) is 2.95. The second-order valence-corrected chi connectivity index (χ2v) is 12.6. The van der Waals surface area contributed by atoms with Gasteiger partial charge in [0.05, 0.1) is 23.3 Å². The third-order valence-electron chi connectivity index (χ3n) is 7.68. The predicted molar refractivity (Wildman–Crippen MR) is 157 cm³/mol. The number of ether oxygens (including phenoxy) is 2. The number of nitrogens with one attached hydrogen (secondary N) is 1. The highest BCUT2D eigenvalue weighted by Gasteiger charge is 2.42. The summed E-state index contributed by atoms with van der Waals surface area (Å²) in [5, 5.41) is 13.6. The van der Waals surface area contributed by atoms with Gasteiger partial charge in [0.2, 0.25) is 0 Å². The lowest BCUT2D eigenvalue weighted by molar-refractivity contribution is -0.140. The Morgan fingerprint density at radius 3 is 2.55 bits per heavy atom. The summed E-state index contributed by atoms with van der Waals surface area (Å²) in [5.74, 6) is -0.980. The van der Waals surface area contributed by atoms with E-state index in [1.807, 2.05) is 24.3 Å². The van der Waals surface area contributed by atoms with Crippen LogP contribution in [0.15, 0.2) is 94.2 Å². The van der Waals surface area contributed by atoms with Gasteiger partial charge in [0.1, 0.15) is 18.1 Å². The number of ketones is 1. The molecule has 0 spiro atoms. The number of nitrogens with two attached hydrogens (primary N) is 1. The minimum absolute atomic E-state index is 0.00360. The molecule has 0 amide bonds. The first-order valence-corrected chi connectivity index (χ1v) is 15.3. The summed E-state index contributed by atoms with van der Waals surface area (Å²) in [6.45, 7) is 1.54. The first-order valence-electron chi connectivity index (χ1n) is 13.4. The van der Waals surface area contributed by atoms with Crippen molar-refractivity contribution in [3.8, 4) is 11.5 Å². The van der Waals surface area contributed by atoms with E-state index in [1.165, 1.54) is 18.2 Å². The van der Waals surface area contributed by atoms with E-state index in [9.17, 15) is 23.1 Å². The van der Waals surface area contributed by atoms with Gasteiger partial charge in [-0.2, -0.15) is 0 Å². The molecule has 9 nitrogen and oxygen atoms in total. The highest BCUT2D eigenvalue weighted by molar-refractivity contribution is 7.90. The van der Waals surface area contributed by atoms with E-state index in [0.717, 1.165) is 11.8 Å². The van der Waals surface area contributed by atoms with Gasteiger partial charge in [0.15, 0.2) is 15.6 Å². The molecule has 0 saturated carbocycles. The van der Waals surface area contributed by atoms with E-state index in [1.54, 1.807) is 38.3 Å². The number of rotatable bonds is 7. The number of phenols is 1. The molecule has 0 radical (unpaired) electrons. The van der Waals surface area contributed by atoms with Crippen LogP contribution >= 0.6 is 0 Å². The predicted octanol–water partition coefficient (Wildman–Crippen LogP) is 4.49. The summed E-state index contributed by atoms with van der Waals surface area (Å²) >= 11 is 0. The number of hydrogen-bond acceptors (Lipinski definition) is 9. The summed E-state index contributed by atoms with van der Waals surface area (Å²) in [5.41, 5.74) is 9.81. The van der Waals surface area contributed by atoms with Gasteiger partial charge in [-0.15, -0.1) is 0 Å². The number of Topliss-reactive ketones (excluding diaryl/α,β-unsaturated/α-hetero) is 1. The number of carbonyl (C=O) groups excluding carboxylic acids is 2. The summed E-state index contributed by atoms with van der Waals surface area (Å²) in [7, 11) is -1.98. The van der Waals surface area contributed by atoms with Crippen molar-refractivity contribution in [3.05, 3.63) is 106 Å². The van der Waals surface area contributed by atoms with Crippen LogP contribution in [0.4, 0.5) is 5.69 Å². The van der Waals surface area contributed by atoms with Crippen LogP contribution in [0, 0.1) is 0 Å². The molecule has 0 saturated heterocycles. The Morgan fingerprint density at radius 1 is 1.07 bits per heavy atom. The van der Waals surface area contributed by atoms with Crippen molar-refractivity contribution in [2.45, 2.75) is 43.1 Å². The molecule has 3 aromatic carbocycles. The van der Waals surface area contributed by atoms with Gasteiger partial charge < -0.3 is 25.6 Å². The maximum atomic E-state index is 13.9. The Balaban J connectivity index is 1.50. The molecule has 1 heterocycles. The van der Waals surface area contributed by atoms with Crippen LogP contribution in [0.5, 0.6) is 11.5 Å². The SMILES string of the molecule is COc1ccccc1[C@H]1CC(=O)C2=C(C1)NC(C)=C(C(=O)OCc1ccc(N)c(S(C)(=O)=O)c1)[C@H]2c1cccc(O)c1. The molecule has 0 aromatic heterocycles. The number of benzene rings is 3. The number of anilines is 1. The standard InChI is InChI=1S/C32H32N2O7S/c1-18-29(32(37)41-17-19-11-12-24(33)28(13-19)42(3,38)39)30(20-7-6-8-22(35)14-20)31-25(34-18)15-21(16-26(31)36)23-9-4-5-10-27(23)40-2/h4-14,21,30,34-35H,15-17,33H2,1-3H3/t21-,30-/m1/s1. The molecule has 2 atom stereocenters. The molecule has 1 aliphatic heterocycles.